The van der Waals surface area contributed by atoms with Crippen LogP contribution in [0.2, 0.25) is 0 Å². The Labute approximate surface area is 201 Å². The molecule has 3 nitrogen and oxygen atoms in total. The van der Waals surface area contributed by atoms with Crippen molar-refractivity contribution in [1.82, 2.24) is 0 Å². The van der Waals surface area contributed by atoms with E-state index in [-0.39, 0.29) is 33.2 Å². The normalized spacial score (nSPS) is 52.4. The van der Waals surface area contributed by atoms with Gasteiger partial charge in [0, 0.05) is 0 Å². The fraction of sp³-hybridized carbons (Fsp3) is 0.900. The van der Waals surface area contributed by atoms with Crippen LogP contribution in [0.15, 0.2) is 11.6 Å². The van der Waals surface area contributed by atoms with Crippen LogP contribution in [0.5, 0.6) is 0 Å². The van der Waals surface area contributed by atoms with Gasteiger partial charge >= 0.3 is 5.97 Å². The molecule has 0 aromatic rings. The summed E-state index contributed by atoms with van der Waals surface area (Å²) in [6.07, 6.45) is 12.6. The van der Waals surface area contributed by atoms with Crippen LogP contribution in [0.3, 0.4) is 0 Å². The van der Waals surface area contributed by atoms with Gasteiger partial charge in [0.05, 0.1) is 11.5 Å². The van der Waals surface area contributed by atoms with Crippen molar-refractivity contribution < 1.29 is 15.0 Å². The first-order valence-electron chi connectivity index (χ1n) is 13.8. The number of aliphatic hydroxyl groups excluding tert-OH is 1. The van der Waals surface area contributed by atoms with Crippen LogP contribution in [0.1, 0.15) is 113 Å². The van der Waals surface area contributed by atoms with Crippen molar-refractivity contribution in [3.05, 3.63) is 11.6 Å². The van der Waals surface area contributed by atoms with Crippen molar-refractivity contribution in [2.24, 2.45) is 50.2 Å². The lowest BCUT2D eigenvalue weighted by atomic mass is 9.33. The predicted octanol–water partition coefficient (Wildman–Crippen LogP) is 7.23. The molecular formula is C30H48O3. The molecule has 8 atom stereocenters. The van der Waals surface area contributed by atoms with Crippen LogP contribution >= 0.6 is 0 Å². The number of allylic oxidation sites excluding steroid dienone is 1. The Morgan fingerprint density at radius 2 is 1.55 bits per heavy atom. The molecule has 186 valence electrons. The highest BCUT2D eigenvalue weighted by molar-refractivity contribution is 5.81. The van der Waals surface area contributed by atoms with Crippen LogP contribution < -0.4 is 0 Å². The van der Waals surface area contributed by atoms with E-state index in [1.54, 1.807) is 0 Å². The smallest absolute Gasteiger partial charge is 0.314 e. The van der Waals surface area contributed by atoms with Crippen molar-refractivity contribution >= 4 is 5.97 Å². The second-order valence-electron chi connectivity index (χ2n) is 15.1. The number of hydrogen-bond acceptors (Lipinski definition) is 2. The topological polar surface area (TPSA) is 57.5 Å². The van der Waals surface area contributed by atoms with Crippen molar-refractivity contribution in [1.29, 1.82) is 0 Å². The van der Waals surface area contributed by atoms with E-state index >= 15 is 0 Å². The molecule has 0 aromatic heterocycles. The number of carboxylic acids is 1. The molecule has 5 aliphatic rings. The standard InChI is InChI=1S/C30H48O3/c1-25(2)14-15-27(5)16-17-30(24(32)33)19(20(27)18-25)8-9-22-28(6)12-11-23(31)26(3,4)21(28)10-13-29(22,30)7/h8,20-23,31H,9-18H2,1-7H3,(H,32,33)/t20?,21-,22+,23-,27+,28-,29+,30+/m0/s1. The van der Waals surface area contributed by atoms with Gasteiger partial charge in [0.15, 0.2) is 0 Å². The molecule has 0 aliphatic heterocycles. The summed E-state index contributed by atoms with van der Waals surface area (Å²) in [5.74, 6) is 0.675. The zero-order valence-electron chi connectivity index (χ0n) is 22.3. The zero-order valence-corrected chi connectivity index (χ0v) is 22.3. The Bertz CT molecular complexity index is 885. The van der Waals surface area contributed by atoms with E-state index in [2.05, 4.69) is 54.5 Å². The fourth-order valence-electron chi connectivity index (χ4n) is 10.6. The maximum Gasteiger partial charge on any atom is 0.314 e. The zero-order chi connectivity index (χ0) is 24.2. The third-order valence-electron chi connectivity index (χ3n) is 12.9. The number of carboxylic acid groups (broad SMARTS) is 1. The minimum absolute atomic E-state index is 0.0901. The molecule has 1 unspecified atom stereocenters. The second kappa shape index (κ2) is 6.89. The van der Waals surface area contributed by atoms with Gasteiger partial charge in [0.2, 0.25) is 0 Å². The van der Waals surface area contributed by atoms with Crippen LogP contribution in [0.25, 0.3) is 0 Å². The van der Waals surface area contributed by atoms with Crippen molar-refractivity contribution in [3.63, 3.8) is 0 Å². The van der Waals surface area contributed by atoms with E-state index < -0.39 is 11.4 Å². The van der Waals surface area contributed by atoms with Crippen molar-refractivity contribution in [3.8, 4) is 0 Å². The van der Waals surface area contributed by atoms with Gasteiger partial charge < -0.3 is 10.2 Å². The Morgan fingerprint density at radius 1 is 0.879 bits per heavy atom. The van der Waals surface area contributed by atoms with E-state index in [0.717, 1.165) is 51.4 Å². The highest BCUT2D eigenvalue weighted by Crippen LogP contribution is 2.75. The van der Waals surface area contributed by atoms with Crippen LogP contribution in [-0.2, 0) is 4.79 Å². The SMILES string of the molecule is CC1(C)CC[C@]2(C)CC[C@]3(C(=O)O)C(=CC[C@@H]4[C@@]5(C)CC[C@H](O)C(C)(C)[C@@H]5CC[C@]43C)C2C1. The highest BCUT2D eigenvalue weighted by Gasteiger charge is 2.71. The second-order valence-corrected chi connectivity index (χ2v) is 15.1. The first kappa shape index (κ1) is 23.9. The first-order chi connectivity index (χ1) is 15.1. The average molecular weight is 457 g/mol. The Kier molecular flexibility index (Phi) is 4.99. The highest BCUT2D eigenvalue weighted by atomic mass is 16.4. The number of carbonyl (C=O) groups is 1. The van der Waals surface area contributed by atoms with E-state index in [9.17, 15) is 15.0 Å². The predicted molar refractivity (Wildman–Crippen MR) is 133 cm³/mol. The summed E-state index contributed by atoms with van der Waals surface area (Å²) in [7, 11) is 0. The molecule has 2 N–H and O–H groups in total. The summed E-state index contributed by atoms with van der Waals surface area (Å²) in [4.78, 5) is 13.5. The monoisotopic (exact) mass is 456 g/mol. The first-order valence-corrected chi connectivity index (χ1v) is 13.8. The lowest BCUT2D eigenvalue weighted by Gasteiger charge is -2.70. The Hall–Kier alpha value is -0.830. The van der Waals surface area contributed by atoms with Gasteiger partial charge in [-0.05, 0) is 109 Å². The van der Waals surface area contributed by atoms with Gasteiger partial charge in [-0.15, -0.1) is 0 Å². The summed E-state index contributed by atoms with van der Waals surface area (Å²) in [6.45, 7) is 16.6. The van der Waals surface area contributed by atoms with Crippen molar-refractivity contribution in [2.45, 2.75) is 119 Å². The fourth-order valence-corrected chi connectivity index (χ4v) is 10.6. The third-order valence-corrected chi connectivity index (χ3v) is 12.9. The summed E-state index contributed by atoms with van der Waals surface area (Å²) >= 11 is 0. The van der Waals surface area contributed by atoms with Crippen molar-refractivity contribution in [2.75, 3.05) is 0 Å². The summed E-state index contributed by atoms with van der Waals surface area (Å²) < 4.78 is 0. The number of aliphatic carboxylic acids is 1. The molecule has 5 aliphatic carbocycles. The van der Waals surface area contributed by atoms with E-state index in [1.165, 1.54) is 18.4 Å². The molecule has 4 fully saturated rings. The minimum Gasteiger partial charge on any atom is -0.481 e. The molecule has 5 rings (SSSR count). The molecule has 0 bridgehead atoms. The maximum atomic E-state index is 13.5. The number of hydrogen-bond donors (Lipinski definition) is 2. The van der Waals surface area contributed by atoms with Crippen LogP contribution in [0, 0.1) is 50.2 Å². The molecule has 0 spiro atoms. The largest absolute Gasteiger partial charge is 0.481 e. The lowest BCUT2D eigenvalue weighted by molar-refractivity contribution is -0.213. The van der Waals surface area contributed by atoms with E-state index in [0.29, 0.717) is 17.8 Å². The molecule has 4 saturated carbocycles. The molecule has 0 heterocycles. The maximum absolute atomic E-state index is 13.5. The van der Waals surface area contributed by atoms with Gasteiger partial charge in [-0.1, -0.05) is 60.1 Å². The molecule has 0 radical (unpaired) electrons. The molecule has 0 amide bonds. The van der Waals surface area contributed by atoms with Gasteiger partial charge in [-0.25, -0.2) is 0 Å². The van der Waals surface area contributed by atoms with E-state index in [4.69, 9.17) is 0 Å². The van der Waals surface area contributed by atoms with Gasteiger partial charge in [0.25, 0.3) is 0 Å². The quantitative estimate of drug-likeness (QED) is 0.409. The summed E-state index contributed by atoms with van der Waals surface area (Å²) in [5, 5.41) is 22.0. The van der Waals surface area contributed by atoms with Gasteiger partial charge in [0.1, 0.15) is 0 Å². The summed E-state index contributed by atoms with van der Waals surface area (Å²) in [5.41, 5.74) is 0.906. The lowest BCUT2D eigenvalue weighted by Crippen LogP contribution is -2.66. The number of aliphatic hydroxyl groups is 1. The molecular weight excluding hydrogens is 408 g/mol. The minimum atomic E-state index is -0.721. The summed E-state index contributed by atoms with van der Waals surface area (Å²) in [6, 6.07) is 0. The number of rotatable bonds is 1. The Balaban J connectivity index is 1.64. The Morgan fingerprint density at radius 3 is 2.21 bits per heavy atom. The van der Waals surface area contributed by atoms with Crippen LogP contribution in [0.4, 0.5) is 0 Å². The van der Waals surface area contributed by atoms with Gasteiger partial charge in [-0.3, -0.25) is 4.79 Å². The molecule has 33 heavy (non-hydrogen) atoms. The van der Waals surface area contributed by atoms with E-state index in [1.807, 2.05) is 0 Å². The number of fused-ring (bicyclic) bond motifs is 7. The average Bonchev–Trinajstić information content (AvgIpc) is 2.71. The molecule has 0 saturated heterocycles. The molecule has 3 heteroatoms. The molecule has 0 aromatic carbocycles. The van der Waals surface area contributed by atoms with Crippen LogP contribution in [-0.4, -0.2) is 22.3 Å². The third kappa shape index (κ3) is 2.87. The van der Waals surface area contributed by atoms with Gasteiger partial charge in [-0.2, -0.15) is 0 Å².